The number of halogens is 1. The van der Waals surface area contributed by atoms with E-state index >= 15 is 0 Å². The number of rotatable bonds is 8. The smallest absolute Gasteiger partial charge is 0.271 e. The standard InChI is InChI=1S/C18H23FN6O.CH3.Lr/c1-12-4-5-13(10-14(12)19)16(11-25(3)9-8-20)22-17-7-6-15(23-24-17)18(26)21-2;;/h4-7,10,16,20H,3,8-9,11H2,1-2H3,(H,21,26)(H,22,24);1H3;/q-2;-1;. The van der Waals surface area contributed by atoms with Crippen LogP contribution in [0.3, 0.4) is 0 Å². The van der Waals surface area contributed by atoms with Gasteiger partial charge in [0.2, 0.25) is 0 Å². The number of amides is 1. The third kappa shape index (κ3) is 6.30. The zero-order valence-corrected chi connectivity index (χ0v) is 18.3. The van der Waals surface area contributed by atoms with E-state index in [0.717, 1.165) is 5.56 Å². The van der Waals surface area contributed by atoms with E-state index in [0.29, 0.717) is 24.5 Å². The molecule has 0 saturated carbocycles. The second-order valence-electron chi connectivity index (χ2n) is 5.92. The molecule has 0 saturated heterocycles. The van der Waals surface area contributed by atoms with Gasteiger partial charge in [-0.1, -0.05) is 12.1 Å². The van der Waals surface area contributed by atoms with E-state index in [2.05, 4.69) is 27.9 Å². The van der Waals surface area contributed by atoms with Crippen LogP contribution in [0.2, 0.25) is 0 Å². The average Bonchev–Trinajstić information content (AvgIpc) is 2.63. The van der Waals surface area contributed by atoms with Crippen molar-refractivity contribution < 1.29 is 9.18 Å². The van der Waals surface area contributed by atoms with Gasteiger partial charge in [0.1, 0.15) is 11.6 Å². The van der Waals surface area contributed by atoms with Gasteiger partial charge < -0.3 is 28.7 Å². The number of aromatic nitrogens is 2. The molecule has 0 bridgehead atoms. The molecule has 0 fully saturated rings. The van der Waals surface area contributed by atoms with Gasteiger partial charge in [0.15, 0.2) is 5.69 Å². The van der Waals surface area contributed by atoms with Gasteiger partial charge in [0.25, 0.3) is 5.91 Å². The minimum atomic E-state index is -0.319. The monoisotopic (exact) mass is 635 g/mol. The number of hydrogen-bond donors (Lipinski definition) is 2. The Balaban J connectivity index is 0.00000364. The molecule has 1 atom stereocenters. The van der Waals surface area contributed by atoms with Crippen molar-refractivity contribution in [1.29, 1.82) is 0 Å². The number of aryl methyl sites for hydroxylation is 1. The molecule has 1 radical (unpaired) electrons. The topological polar surface area (TPSA) is 94.0 Å². The molecule has 0 aliphatic carbocycles. The van der Waals surface area contributed by atoms with E-state index in [9.17, 15) is 9.18 Å². The molecule has 1 aromatic carbocycles. The van der Waals surface area contributed by atoms with Crippen LogP contribution >= 0.6 is 0 Å². The summed E-state index contributed by atoms with van der Waals surface area (Å²) in [4.78, 5) is 13.3. The van der Waals surface area contributed by atoms with E-state index in [1.807, 2.05) is 6.07 Å². The number of nitrogens with zero attached hydrogens (tertiary/aromatic N) is 3. The average molecular weight is 635 g/mol. The molecule has 2 rings (SSSR count). The molecule has 3 N–H and O–H groups in total. The van der Waals surface area contributed by atoms with Crippen molar-refractivity contribution in [2.45, 2.75) is 13.0 Å². The Morgan fingerprint density at radius 2 is 2.04 bits per heavy atom. The Bertz CT molecular complexity index is 744. The van der Waals surface area contributed by atoms with Gasteiger partial charge in [-0.2, -0.15) is 0 Å². The summed E-state index contributed by atoms with van der Waals surface area (Å²) in [5.74, 6) is -0.144. The van der Waals surface area contributed by atoms with Crippen molar-refractivity contribution >= 4 is 11.7 Å². The fourth-order valence-electron chi connectivity index (χ4n) is 2.40. The fraction of sp³-hybridized carbons (Fsp3) is 0.316. The second kappa shape index (κ2) is 11.2. The molecule has 28 heavy (non-hydrogen) atoms. The molecule has 0 aliphatic rings. The number of benzene rings is 1. The van der Waals surface area contributed by atoms with Crippen molar-refractivity contribution in [3.63, 3.8) is 0 Å². The van der Waals surface area contributed by atoms with Gasteiger partial charge in [0.05, 0.1) is 6.04 Å². The second-order valence-corrected chi connectivity index (χ2v) is 5.92. The summed E-state index contributed by atoms with van der Waals surface area (Å²) < 4.78 is 14.0. The van der Waals surface area contributed by atoms with Crippen molar-refractivity contribution in [3.05, 3.63) is 73.2 Å². The van der Waals surface area contributed by atoms with Crippen molar-refractivity contribution in [2.24, 2.45) is 0 Å². The maximum Gasteiger partial charge on any atom is 0.271 e. The molecule has 1 heterocycles. The van der Waals surface area contributed by atoms with Crippen LogP contribution < -0.4 is 10.6 Å². The summed E-state index contributed by atoms with van der Waals surface area (Å²) in [6.45, 7) is 2.88. The first-order valence-corrected chi connectivity index (χ1v) is 8.23. The predicted octanol–water partition coefficient (Wildman–Crippen LogP) is 3.03. The molecule has 1 amide bonds. The Labute approximate surface area is 160 Å². The quantitative estimate of drug-likeness (QED) is 0.436. The van der Waals surface area contributed by atoms with Crippen LogP contribution in [0, 0.1) is 27.2 Å². The minimum Gasteiger partial charge on any atom is -0.676 e. The molecule has 163 valence electrons. The maximum atomic E-state index is 14.0. The van der Waals surface area contributed by atoms with Gasteiger partial charge in [0, 0.05) is 7.05 Å². The Morgan fingerprint density at radius 1 is 1.32 bits per heavy atom. The molecule has 1 aromatic heterocycles. The summed E-state index contributed by atoms with van der Waals surface area (Å²) >= 11 is 0. The Morgan fingerprint density at radius 3 is 2.57 bits per heavy atom. The zero-order valence-electron chi connectivity index (χ0n) is 16.2. The number of anilines is 1. The van der Waals surface area contributed by atoms with Crippen LogP contribution in [0.25, 0.3) is 5.73 Å². The number of carbonyl (C=O) groups is 1. The molecule has 7 nitrogen and oxygen atoms in total. The van der Waals surface area contributed by atoms with Crippen LogP contribution in [0.1, 0.15) is 27.7 Å². The summed E-state index contributed by atoms with van der Waals surface area (Å²) in [6, 6.07) is 7.96. The third-order valence-corrected chi connectivity index (χ3v) is 3.91. The molecular formula is C19H26FLrN6O-3. The fourth-order valence-corrected chi connectivity index (χ4v) is 2.40. The van der Waals surface area contributed by atoms with Crippen LogP contribution in [0.5, 0.6) is 0 Å². The first kappa shape index (κ1) is 24.4. The van der Waals surface area contributed by atoms with Crippen LogP contribution in [-0.4, -0.2) is 47.7 Å². The van der Waals surface area contributed by atoms with Crippen molar-refractivity contribution in [1.82, 2.24) is 20.4 Å². The van der Waals surface area contributed by atoms with Crippen molar-refractivity contribution in [2.75, 3.05) is 32.0 Å². The van der Waals surface area contributed by atoms with Gasteiger partial charge in [-0.05, 0) is 49.3 Å². The summed E-state index contributed by atoms with van der Waals surface area (Å²) in [5, 5.41) is 13.6. The van der Waals surface area contributed by atoms with Gasteiger partial charge in [-0.3, -0.25) is 11.8 Å². The number of carbonyl (C=O) groups excluding carboxylic acids is 1. The normalized spacial score (nSPS) is 11.2. The Kier molecular flexibility index (Phi) is 9.77. The first-order chi connectivity index (χ1) is 12.4. The summed E-state index contributed by atoms with van der Waals surface area (Å²) in [7, 11) is 5.43. The summed E-state index contributed by atoms with van der Waals surface area (Å²) in [6.07, 6.45) is 0. The van der Waals surface area contributed by atoms with Gasteiger partial charge in [-0.15, -0.1) is 16.7 Å². The van der Waals surface area contributed by atoms with E-state index in [4.69, 9.17) is 5.73 Å². The third-order valence-electron chi connectivity index (χ3n) is 3.91. The van der Waals surface area contributed by atoms with E-state index in [1.54, 1.807) is 30.0 Å². The molecule has 2 aromatic rings. The Hall–Kier alpha value is -3.58. The van der Waals surface area contributed by atoms with Crippen LogP contribution in [0.4, 0.5) is 10.2 Å². The molecule has 1 unspecified atom stereocenters. The number of nitrogens with one attached hydrogen (secondary N) is 3. The van der Waals surface area contributed by atoms with E-state index in [-0.39, 0.29) is 37.4 Å². The number of hydrogen-bond acceptors (Lipinski definition) is 5. The molecule has 0 aliphatic heterocycles. The zero-order chi connectivity index (χ0) is 19.1. The maximum absolute atomic E-state index is 14.0. The predicted molar refractivity (Wildman–Crippen MR) is 105 cm³/mol. The molecule has 9 heteroatoms. The van der Waals surface area contributed by atoms with Gasteiger partial charge in [-0.25, -0.2) is 4.39 Å². The molecule has 0 spiro atoms. The van der Waals surface area contributed by atoms with Crippen molar-refractivity contribution in [3.8, 4) is 0 Å². The van der Waals surface area contributed by atoms with Crippen LogP contribution in [-0.2, 0) is 0 Å². The molecular weight excluding hydrogens is 609 g/mol. The van der Waals surface area contributed by atoms with E-state index in [1.165, 1.54) is 13.1 Å². The SMILES string of the molecule is [CH2-]N(CC[NH-])CC(Nc1ccc(C(=O)NC)nn1)c1ccc(C)c(F)c1.[CH3-].[Lr]. The van der Waals surface area contributed by atoms with E-state index < -0.39 is 0 Å². The van der Waals surface area contributed by atoms with Crippen LogP contribution in [0.15, 0.2) is 30.3 Å². The largest absolute Gasteiger partial charge is 0.676 e. The summed E-state index contributed by atoms with van der Waals surface area (Å²) in [5.41, 5.74) is 8.85. The first-order valence-electron chi connectivity index (χ1n) is 8.23. The minimum absolute atomic E-state index is 0. The van der Waals surface area contributed by atoms with Gasteiger partial charge >= 0.3 is 0 Å².